The molecular formula is C28H28N8. The van der Waals surface area contributed by atoms with Gasteiger partial charge in [-0.25, -0.2) is 4.98 Å². The molecule has 1 aliphatic heterocycles. The molecule has 2 aliphatic rings. The SMILES string of the molecule is C=C(Nc1cncc(-c2cnc3n[nH]c(-c4cc5c(N6CCCCC6)cncc5[nH]4)c3c2)c1)C1CC1. The third kappa shape index (κ3) is 3.79. The van der Waals surface area contributed by atoms with Crippen molar-refractivity contribution in [1.29, 1.82) is 0 Å². The van der Waals surface area contributed by atoms with Gasteiger partial charge in [0.25, 0.3) is 0 Å². The van der Waals surface area contributed by atoms with E-state index in [-0.39, 0.29) is 0 Å². The van der Waals surface area contributed by atoms with E-state index in [9.17, 15) is 0 Å². The number of anilines is 2. The minimum Gasteiger partial charge on any atom is -0.370 e. The van der Waals surface area contributed by atoms with Crippen molar-refractivity contribution in [1.82, 2.24) is 30.1 Å². The van der Waals surface area contributed by atoms with Gasteiger partial charge in [-0.05, 0) is 56.2 Å². The van der Waals surface area contributed by atoms with Crippen LogP contribution in [-0.2, 0) is 0 Å². The van der Waals surface area contributed by atoms with Crippen molar-refractivity contribution >= 4 is 33.3 Å². The third-order valence-corrected chi connectivity index (χ3v) is 7.35. The molecular weight excluding hydrogens is 448 g/mol. The van der Waals surface area contributed by atoms with Crippen LogP contribution in [0.5, 0.6) is 0 Å². The number of fused-ring (bicyclic) bond motifs is 2. The highest BCUT2D eigenvalue weighted by Gasteiger charge is 2.24. The Balaban J connectivity index is 1.25. The Labute approximate surface area is 208 Å². The van der Waals surface area contributed by atoms with Gasteiger partial charge in [0, 0.05) is 53.1 Å². The normalized spacial score (nSPS) is 16.1. The van der Waals surface area contributed by atoms with Gasteiger partial charge >= 0.3 is 0 Å². The Kier molecular flexibility index (Phi) is 4.97. The molecule has 0 spiro atoms. The standard InChI is InChI=1S/C28H28N8/c1-17(18-5-6-18)32-21-9-19(12-29-14-21)20-10-23-27(34-35-28(23)31-13-20)24-11-22-25(33-24)15-30-16-26(22)36-7-3-2-4-8-36/h9-16,18,32-33H,1-8H2,(H,31,34,35). The number of rotatable bonds is 6. The van der Waals surface area contributed by atoms with E-state index in [1.54, 1.807) is 0 Å². The maximum absolute atomic E-state index is 4.63. The maximum Gasteiger partial charge on any atom is 0.181 e. The molecule has 8 nitrogen and oxygen atoms in total. The second-order valence-corrected chi connectivity index (χ2v) is 9.93. The molecule has 5 aromatic heterocycles. The Bertz CT molecular complexity index is 1590. The van der Waals surface area contributed by atoms with Crippen molar-refractivity contribution in [3.05, 3.63) is 61.5 Å². The van der Waals surface area contributed by atoms with Gasteiger partial charge in [0.1, 0.15) is 0 Å². The van der Waals surface area contributed by atoms with Crippen molar-refractivity contribution in [3.8, 4) is 22.5 Å². The van der Waals surface area contributed by atoms with Gasteiger partial charge in [-0.2, -0.15) is 5.10 Å². The molecule has 0 unspecified atom stereocenters. The molecule has 0 bridgehead atoms. The molecule has 180 valence electrons. The predicted molar refractivity (Wildman–Crippen MR) is 144 cm³/mol. The summed E-state index contributed by atoms with van der Waals surface area (Å²) in [6.07, 6.45) is 15.6. The number of hydrogen-bond acceptors (Lipinski definition) is 6. The van der Waals surface area contributed by atoms with E-state index in [0.29, 0.717) is 11.6 Å². The molecule has 2 fully saturated rings. The first-order chi connectivity index (χ1) is 17.7. The van der Waals surface area contributed by atoms with Crippen molar-refractivity contribution in [3.63, 3.8) is 0 Å². The summed E-state index contributed by atoms with van der Waals surface area (Å²) < 4.78 is 0. The number of nitrogens with one attached hydrogen (secondary N) is 3. The lowest BCUT2D eigenvalue weighted by atomic mass is 10.1. The Hall–Kier alpha value is -4.20. The lowest BCUT2D eigenvalue weighted by Crippen LogP contribution is -2.29. The maximum atomic E-state index is 4.63. The smallest absolute Gasteiger partial charge is 0.181 e. The van der Waals surface area contributed by atoms with Gasteiger partial charge in [-0.3, -0.25) is 15.1 Å². The van der Waals surface area contributed by atoms with Crippen LogP contribution in [0, 0.1) is 5.92 Å². The van der Waals surface area contributed by atoms with Gasteiger partial charge in [-0.15, -0.1) is 0 Å². The minimum atomic E-state index is 0.585. The highest BCUT2D eigenvalue weighted by molar-refractivity contribution is 5.99. The van der Waals surface area contributed by atoms with E-state index >= 15 is 0 Å². The first-order valence-electron chi connectivity index (χ1n) is 12.7. The first kappa shape index (κ1) is 21.1. The molecule has 36 heavy (non-hydrogen) atoms. The van der Waals surface area contributed by atoms with E-state index in [1.807, 2.05) is 31.0 Å². The molecule has 3 N–H and O–H groups in total. The molecule has 1 saturated heterocycles. The van der Waals surface area contributed by atoms with E-state index in [0.717, 1.165) is 57.9 Å². The second-order valence-electron chi connectivity index (χ2n) is 9.93. The Morgan fingerprint density at radius 1 is 0.917 bits per heavy atom. The summed E-state index contributed by atoms with van der Waals surface area (Å²) in [6.45, 7) is 6.33. The topological polar surface area (TPSA) is 98.4 Å². The summed E-state index contributed by atoms with van der Waals surface area (Å²) in [7, 11) is 0. The molecule has 1 aliphatic carbocycles. The number of H-pyrrole nitrogens is 2. The number of nitrogens with zero attached hydrogens (tertiary/aromatic N) is 5. The number of piperidine rings is 1. The Morgan fingerprint density at radius 3 is 2.61 bits per heavy atom. The lowest BCUT2D eigenvalue weighted by Gasteiger charge is -2.28. The average Bonchev–Trinajstić information content (AvgIpc) is 3.55. The van der Waals surface area contributed by atoms with Crippen LogP contribution >= 0.6 is 0 Å². The molecule has 0 atom stereocenters. The van der Waals surface area contributed by atoms with E-state index in [2.05, 4.69) is 65.1 Å². The van der Waals surface area contributed by atoms with Crippen molar-refractivity contribution in [2.45, 2.75) is 32.1 Å². The molecule has 6 heterocycles. The highest BCUT2D eigenvalue weighted by Crippen LogP contribution is 2.37. The van der Waals surface area contributed by atoms with Crippen LogP contribution in [0.3, 0.4) is 0 Å². The van der Waals surface area contributed by atoms with Gasteiger partial charge in [0.15, 0.2) is 5.65 Å². The fourth-order valence-electron chi connectivity index (χ4n) is 5.21. The molecule has 8 heteroatoms. The predicted octanol–water partition coefficient (Wildman–Crippen LogP) is 5.89. The quantitative estimate of drug-likeness (QED) is 0.283. The minimum absolute atomic E-state index is 0.585. The van der Waals surface area contributed by atoms with Gasteiger partial charge in [-0.1, -0.05) is 6.58 Å². The fourth-order valence-corrected chi connectivity index (χ4v) is 5.21. The number of aromatic nitrogens is 6. The zero-order valence-electron chi connectivity index (χ0n) is 20.1. The fraction of sp³-hybridized carbons (Fsp3) is 0.286. The van der Waals surface area contributed by atoms with Crippen LogP contribution < -0.4 is 10.2 Å². The van der Waals surface area contributed by atoms with E-state index in [4.69, 9.17) is 0 Å². The van der Waals surface area contributed by atoms with Crippen molar-refractivity contribution in [2.24, 2.45) is 5.92 Å². The monoisotopic (exact) mass is 476 g/mol. The van der Waals surface area contributed by atoms with Crippen molar-refractivity contribution < 1.29 is 0 Å². The second kappa shape index (κ2) is 8.48. The van der Waals surface area contributed by atoms with Gasteiger partial charge in [0.05, 0.1) is 46.9 Å². The van der Waals surface area contributed by atoms with Crippen LogP contribution in [0.15, 0.2) is 61.5 Å². The van der Waals surface area contributed by atoms with E-state index < -0.39 is 0 Å². The molecule has 7 rings (SSSR count). The number of allylic oxidation sites excluding steroid dienone is 1. The summed E-state index contributed by atoms with van der Waals surface area (Å²) in [5, 5.41) is 13.3. The lowest BCUT2D eigenvalue weighted by molar-refractivity contribution is 0.578. The third-order valence-electron chi connectivity index (χ3n) is 7.35. The zero-order chi connectivity index (χ0) is 24.1. The van der Waals surface area contributed by atoms with Crippen LogP contribution in [0.25, 0.3) is 44.5 Å². The molecule has 0 amide bonds. The zero-order valence-corrected chi connectivity index (χ0v) is 20.1. The van der Waals surface area contributed by atoms with Crippen LogP contribution in [0.1, 0.15) is 32.1 Å². The summed E-state index contributed by atoms with van der Waals surface area (Å²) >= 11 is 0. The Morgan fingerprint density at radius 2 is 1.75 bits per heavy atom. The summed E-state index contributed by atoms with van der Waals surface area (Å²) in [5.41, 5.74) is 8.81. The average molecular weight is 477 g/mol. The number of aromatic amines is 2. The molecule has 1 saturated carbocycles. The van der Waals surface area contributed by atoms with Crippen molar-refractivity contribution in [2.75, 3.05) is 23.3 Å². The molecule has 0 aromatic carbocycles. The van der Waals surface area contributed by atoms with Gasteiger partial charge < -0.3 is 15.2 Å². The first-order valence-corrected chi connectivity index (χ1v) is 12.7. The summed E-state index contributed by atoms with van der Waals surface area (Å²) in [6, 6.07) is 6.44. The molecule has 0 radical (unpaired) electrons. The summed E-state index contributed by atoms with van der Waals surface area (Å²) in [4.78, 5) is 19.6. The largest absolute Gasteiger partial charge is 0.370 e. The van der Waals surface area contributed by atoms with Crippen LogP contribution in [-0.4, -0.2) is 43.2 Å². The number of hydrogen-bond donors (Lipinski definition) is 3. The highest BCUT2D eigenvalue weighted by atomic mass is 15.2. The molecule has 5 aromatic rings. The summed E-state index contributed by atoms with van der Waals surface area (Å²) in [5.74, 6) is 0.585. The van der Waals surface area contributed by atoms with Crippen LogP contribution in [0.2, 0.25) is 0 Å². The van der Waals surface area contributed by atoms with Gasteiger partial charge in [0.2, 0.25) is 0 Å². The number of pyridine rings is 3. The van der Waals surface area contributed by atoms with Crippen LogP contribution in [0.4, 0.5) is 11.4 Å². The van der Waals surface area contributed by atoms with E-state index in [1.165, 1.54) is 43.2 Å².